The third kappa shape index (κ3) is 5.68. The van der Waals surface area contributed by atoms with Crippen LogP contribution in [0.5, 0.6) is 0 Å². The Hall–Kier alpha value is -2.20. The maximum atomic E-state index is 13.8. The minimum absolute atomic E-state index is 0.123. The second-order valence-corrected chi connectivity index (χ2v) is 8.37. The number of aromatic nitrogens is 1. The van der Waals surface area contributed by atoms with E-state index in [2.05, 4.69) is 20.3 Å². The summed E-state index contributed by atoms with van der Waals surface area (Å²) >= 11 is 1.49. The monoisotopic (exact) mass is 386 g/mol. The van der Waals surface area contributed by atoms with E-state index < -0.39 is 21.9 Å². The Bertz CT molecular complexity index is 881. The molecular weight excluding hydrogens is 367 g/mol. The van der Waals surface area contributed by atoms with Crippen LogP contribution in [0.25, 0.3) is 0 Å². The molecule has 0 saturated heterocycles. The van der Waals surface area contributed by atoms with Gasteiger partial charge in [-0.2, -0.15) is 0 Å². The van der Waals surface area contributed by atoms with Crippen molar-refractivity contribution in [1.82, 2.24) is 10.3 Å². The molecule has 7 nitrogen and oxygen atoms in total. The predicted octanol–water partition coefficient (Wildman–Crippen LogP) is 2.85. The minimum atomic E-state index is -3.49. The van der Waals surface area contributed by atoms with E-state index in [1.807, 2.05) is 13.8 Å². The van der Waals surface area contributed by atoms with E-state index in [1.54, 1.807) is 0 Å². The maximum absolute atomic E-state index is 13.8. The molecule has 2 aromatic rings. The summed E-state index contributed by atoms with van der Waals surface area (Å²) in [6, 6.07) is 2.96. The Morgan fingerprint density at radius 2 is 2.08 bits per heavy atom. The molecule has 0 radical (unpaired) electrons. The van der Waals surface area contributed by atoms with Crippen LogP contribution in [0.2, 0.25) is 0 Å². The van der Waals surface area contributed by atoms with E-state index in [0.717, 1.165) is 34.3 Å². The van der Waals surface area contributed by atoms with Crippen molar-refractivity contribution >= 4 is 38.8 Å². The van der Waals surface area contributed by atoms with Crippen LogP contribution in [-0.2, 0) is 23.0 Å². The van der Waals surface area contributed by atoms with Crippen molar-refractivity contribution in [1.29, 1.82) is 0 Å². The number of rotatable bonds is 6. The largest absolute Gasteiger partial charge is 0.333 e. The van der Waals surface area contributed by atoms with Crippen LogP contribution in [0.4, 0.5) is 20.6 Å². The van der Waals surface area contributed by atoms with Crippen molar-refractivity contribution in [2.75, 3.05) is 16.3 Å². The minimum Gasteiger partial charge on any atom is -0.333 e. The number of hydrogen-bond acceptors (Lipinski definition) is 5. The fraction of sp³-hybridized carbons (Fsp3) is 0.333. The fourth-order valence-electron chi connectivity index (χ4n) is 2.15. The number of thiazole rings is 1. The van der Waals surface area contributed by atoms with Crippen LogP contribution in [-0.4, -0.2) is 25.7 Å². The first-order valence-electron chi connectivity index (χ1n) is 7.45. The number of benzene rings is 1. The average molecular weight is 386 g/mol. The zero-order chi connectivity index (χ0) is 18.6. The van der Waals surface area contributed by atoms with Gasteiger partial charge in [-0.1, -0.05) is 6.92 Å². The van der Waals surface area contributed by atoms with Crippen molar-refractivity contribution in [3.05, 3.63) is 39.6 Å². The van der Waals surface area contributed by atoms with Gasteiger partial charge in [0.1, 0.15) is 5.82 Å². The number of sulfonamides is 1. The molecule has 1 aromatic carbocycles. The van der Waals surface area contributed by atoms with E-state index >= 15 is 0 Å². The highest BCUT2D eigenvalue weighted by atomic mass is 32.2. The normalized spacial score (nSPS) is 11.2. The molecule has 3 N–H and O–H groups in total. The SMILES string of the molecule is CCc1nc(C)sc1CNC(=O)Nc1cc(NS(C)(=O)=O)ccc1F. The number of urea groups is 1. The molecule has 0 aliphatic heterocycles. The molecule has 136 valence electrons. The van der Waals surface area contributed by atoms with Gasteiger partial charge in [-0.25, -0.2) is 22.6 Å². The number of carbonyl (C=O) groups is 1. The lowest BCUT2D eigenvalue weighted by Crippen LogP contribution is -2.28. The predicted molar refractivity (Wildman–Crippen MR) is 97.0 cm³/mol. The van der Waals surface area contributed by atoms with Gasteiger partial charge >= 0.3 is 6.03 Å². The Morgan fingerprint density at radius 3 is 2.72 bits per heavy atom. The first kappa shape index (κ1) is 19.1. The quantitative estimate of drug-likeness (QED) is 0.711. The second kappa shape index (κ2) is 7.79. The smallest absolute Gasteiger partial charge is 0.319 e. The standard InChI is InChI=1S/C15H19FN4O3S2/c1-4-12-14(24-9(2)18-12)8-17-15(21)19-13-7-10(5-6-11(13)16)20-25(3,22)23/h5-7,20H,4,8H2,1-3H3,(H2,17,19,21). The fourth-order valence-corrected chi connectivity index (χ4v) is 3.67. The van der Waals surface area contributed by atoms with Crippen LogP contribution in [0, 0.1) is 12.7 Å². The summed E-state index contributed by atoms with van der Waals surface area (Å²) in [7, 11) is -3.49. The average Bonchev–Trinajstić information content (AvgIpc) is 2.87. The zero-order valence-electron chi connectivity index (χ0n) is 14.0. The first-order chi connectivity index (χ1) is 11.7. The Kier molecular flexibility index (Phi) is 5.96. The Balaban J connectivity index is 2.03. The van der Waals surface area contributed by atoms with Crippen LogP contribution >= 0.6 is 11.3 Å². The molecule has 1 heterocycles. The molecule has 1 aromatic heterocycles. The zero-order valence-corrected chi connectivity index (χ0v) is 15.6. The summed E-state index contributed by atoms with van der Waals surface area (Å²) in [4.78, 5) is 17.3. The number of amides is 2. The van der Waals surface area contributed by atoms with Gasteiger partial charge < -0.3 is 10.6 Å². The van der Waals surface area contributed by atoms with Crippen molar-refractivity contribution in [3.63, 3.8) is 0 Å². The third-order valence-electron chi connectivity index (χ3n) is 3.15. The maximum Gasteiger partial charge on any atom is 0.319 e. The summed E-state index contributed by atoms with van der Waals surface area (Å²) in [5.74, 6) is -0.669. The molecule has 0 aliphatic carbocycles. The summed E-state index contributed by atoms with van der Waals surface area (Å²) in [5, 5.41) is 5.94. The van der Waals surface area contributed by atoms with E-state index in [9.17, 15) is 17.6 Å². The van der Waals surface area contributed by atoms with Gasteiger partial charge in [-0.3, -0.25) is 4.72 Å². The van der Waals surface area contributed by atoms with Gasteiger partial charge in [0.2, 0.25) is 10.0 Å². The van der Waals surface area contributed by atoms with E-state index in [0.29, 0.717) is 0 Å². The van der Waals surface area contributed by atoms with Crippen molar-refractivity contribution in [2.24, 2.45) is 0 Å². The molecule has 10 heteroatoms. The van der Waals surface area contributed by atoms with Crippen LogP contribution < -0.4 is 15.4 Å². The van der Waals surface area contributed by atoms with Gasteiger partial charge in [0.25, 0.3) is 0 Å². The summed E-state index contributed by atoms with van der Waals surface area (Å²) in [6.45, 7) is 4.15. The van der Waals surface area contributed by atoms with Gasteiger partial charge in [-0.05, 0) is 31.5 Å². The molecule has 0 unspecified atom stereocenters. The lowest BCUT2D eigenvalue weighted by Gasteiger charge is -2.10. The highest BCUT2D eigenvalue weighted by molar-refractivity contribution is 7.92. The molecule has 0 saturated carbocycles. The van der Waals surface area contributed by atoms with Gasteiger partial charge in [-0.15, -0.1) is 11.3 Å². The van der Waals surface area contributed by atoms with Crippen molar-refractivity contribution < 1.29 is 17.6 Å². The molecular formula is C15H19FN4O3S2. The number of aryl methyl sites for hydroxylation is 2. The van der Waals surface area contributed by atoms with Gasteiger partial charge in [0.15, 0.2) is 0 Å². The number of hydrogen-bond donors (Lipinski definition) is 3. The molecule has 0 bridgehead atoms. The van der Waals surface area contributed by atoms with Gasteiger partial charge in [0.05, 0.1) is 34.9 Å². The topological polar surface area (TPSA) is 100 Å². The van der Waals surface area contributed by atoms with Crippen LogP contribution in [0.3, 0.4) is 0 Å². The van der Waals surface area contributed by atoms with Gasteiger partial charge in [0, 0.05) is 4.88 Å². The first-order valence-corrected chi connectivity index (χ1v) is 10.2. The molecule has 0 fully saturated rings. The van der Waals surface area contributed by atoms with Crippen molar-refractivity contribution in [2.45, 2.75) is 26.8 Å². The van der Waals surface area contributed by atoms with E-state index in [1.165, 1.54) is 23.5 Å². The molecule has 0 atom stereocenters. The summed E-state index contributed by atoms with van der Waals surface area (Å²) in [6.07, 6.45) is 1.75. The molecule has 2 amide bonds. The number of anilines is 2. The van der Waals surface area contributed by atoms with Crippen molar-refractivity contribution in [3.8, 4) is 0 Å². The third-order valence-corrected chi connectivity index (χ3v) is 4.77. The number of halogens is 1. The summed E-state index contributed by atoms with van der Waals surface area (Å²) < 4.78 is 38.5. The summed E-state index contributed by atoms with van der Waals surface area (Å²) in [5.41, 5.74) is 0.959. The molecule has 0 aliphatic rings. The molecule has 0 spiro atoms. The Labute approximate surface area is 149 Å². The molecule has 25 heavy (non-hydrogen) atoms. The Morgan fingerprint density at radius 1 is 1.36 bits per heavy atom. The van der Waals surface area contributed by atoms with Crippen LogP contribution in [0.1, 0.15) is 22.5 Å². The van der Waals surface area contributed by atoms with E-state index in [-0.39, 0.29) is 17.9 Å². The lowest BCUT2D eigenvalue weighted by atomic mass is 10.2. The lowest BCUT2D eigenvalue weighted by molar-refractivity contribution is 0.251. The molecule has 2 rings (SSSR count). The number of carbonyl (C=O) groups excluding carboxylic acids is 1. The van der Waals surface area contributed by atoms with Crippen LogP contribution in [0.15, 0.2) is 18.2 Å². The highest BCUT2D eigenvalue weighted by Crippen LogP contribution is 2.21. The van der Waals surface area contributed by atoms with E-state index in [4.69, 9.17) is 0 Å². The second-order valence-electron chi connectivity index (χ2n) is 5.33. The number of nitrogens with one attached hydrogen (secondary N) is 3. The number of nitrogens with zero attached hydrogens (tertiary/aromatic N) is 1. The highest BCUT2D eigenvalue weighted by Gasteiger charge is 2.12.